The molecule has 1 heterocycles. The van der Waals surface area contributed by atoms with Crippen LogP contribution in [0.5, 0.6) is 5.88 Å². The number of pyridine rings is 1. The predicted octanol–water partition coefficient (Wildman–Crippen LogP) is 2.03. The fourth-order valence-electron chi connectivity index (χ4n) is 1.40. The SMILES string of the molecule is CC[C@@H](C)NC(=O)N(C)Cc1cccc(OC)n1. The van der Waals surface area contributed by atoms with Gasteiger partial charge in [0.15, 0.2) is 0 Å². The number of methoxy groups -OCH3 is 1. The van der Waals surface area contributed by atoms with Gasteiger partial charge in [-0.05, 0) is 19.4 Å². The molecule has 1 rings (SSSR count). The molecule has 0 radical (unpaired) electrons. The van der Waals surface area contributed by atoms with Crippen molar-refractivity contribution in [3.05, 3.63) is 23.9 Å². The van der Waals surface area contributed by atoms with Gasteiger partial charge in [0, 0.05) is 19.2 Å². The molecule has 0 fully saturated rings. The van der Waals surface area contributed by atoms with Crippen LogP contribution in [0.2, 0.25) is 0 Å². The van der Waals surface area contributed by atoms with Crippen LogP contribution in [-0.2, 0) is 6.54 Å². The predicted molar refractivity (Wildman–Crippen MR) is 70.5 cm³/mol. The lowest BCUT2D eigenvalue weighted by Gasteiger charge is -2.20. The van der Waals surface area contributed by atoms with Crippen molar-refractivity contribution in [3.63, 3.8) is 0 Å². The number of amides is 2. The number of nitrogens with one attached hydrogen (secondary N) is 1. The first-order valence-corrected chi connectivity index (χ1v) is 6.08. The minimum absolute atomic E-state index is 0.0889. The molecule has 1 aromatic heterocycles. The summed E-state index contributed by atoms with van der Waals surface area (Å²) in [5.41, 5.74) is 0.802. The van der Waals surface area contributed by atoms with Crippen LogP contribution >= 0.6 is 0 Å². The quantitative estimate of drug-likeness (QED) is 0.871. The van der Waals surface area contributed by atoms with Crippen molar-refractivity contribution in [1.82, 2.24) is 15.2 Å². The van der Waals surface area contributed by atoms with Crippen molar-refractivity contribution in [2.75, 3.05) is 14.2 Å². The van der Waals surface area contributed by atoms with E-state index in [0.29, 0.717) is 12.4 Å². The standard InChI is InChI=1S/C13H21N3O2/c1-5-10(2)14-13(17)16(3)9-11-7-6-8-12(15-11)18-4/h6-8,10H,5,9H2,1-4H3,(H,14,17)/t10-/m1/s1. The lowest BCUT2D eigenvalue weighted by molar-refractivity contribution is 0.202. The Balaban J connectivity index is 2.57. The number of rotatable bonds is 5. The van der Waals surface area contributed by atoms with E-state index in [1.165, 1.54) is 0 Å². The second-order valence-corrected chi connectivity index (χ2v) is 4.29. The van der Waals surface area contributed by atoms with Gasteiger partial charge in [-0.1, -0.05) is 13.0 Å². The van der Waals surface area contributed by atoms with Crippen LogP contribution in [0.25, 0.3) is 0 Å². The summed E-state index contributed by atoms with van der Waals surface area (Å²) in [7, 11) is 3.32. The van der Waals surface area contributed by atoms with Crippen LogP contribution in [0, 0.1) is 0 Å². The summed E-state index contributed by atoms with van der Waals surface area (Å²) in [5.74, 6) is 0.559. The molecule has 2 amide bonds. The Hall–Kier alpha value is -1.78. The Bertz CT molecular complexity index is 396. The van der Waals surface area contributed by atoms with E-state index in [1.807, 2.05) is 26.0 Å². The molecule has 0 saturated carbocycles. The monoisotopic (exact) mass is 251 g/mol. The molecule has 1 aromatic rings. The van der Waals surface area contributed by atoms with E-state index in [0.717, 1.165) is 12.1 Å². The smallest absolute Gasteiger partial charge is 0.317 e. The maximum absolute atomic E-state index is 11.8. The molecule has 0 aliphatic rings. The average Bonchev–Trinajstić information content (AvgIpc) is 2.38. The van der Waals surface area contributed by atoms with Gasteiger partial charge in [-0.2, -0.15) is 0 Å². The van der Waals surface area contributed by atoms with E-state index in [2.05, 4.69) is 10.3 Å². The molecule has 5 nitrogen and oxygen atoms in total. The Morgan fingerprint density at radius 1 is 1.56 bits per heavy atom. The van der Waals surface area contributed by atoms with E-state index >= 15 is 0 Å². The molecule has 18 heavy (non-hydrogen) atoms. The molecule has 1 N–H and O–H groups in total. The Kier molecular flexibility index (Phi) is 5.42. The second kappa shape index (κ2) is 6.83. The van der Waals surface area contributed by atoms with Crippen LogP contribution in [0.3, 0.4) is 0 Å². The Labute approximate surface area is 108 Å². The highest BCUT2D eigenvalue weighted by molar-refractivity contribution is 5.74. The van der Waals surface area contributed by atoms with Crippen molar-refractivity contribution >= 4 is 6.03 Å². The number of ether oxygens (including phenoxy) is 1. The second-order valence-electron chi connectivity index (χ2n) is 4.29. The number of nitrogens with zero attached hydrogens (tertiary/aromatic N) is 2. The fourth-order valence-corrected chi connectivity index (χ4v) is 1.40. The molecule has 1 atom stereocenters. The number of carbonyl (C=O) groups is 1. The zero-order valence-corrected chi connectivity index (χ0v) is 11.4. The third-order valence-electron chi connectivity index (χ3n) is 2.72. The lowest BCUT2D eigenvalue weighted by Crippen LogP contribution is -2.41. The maximum atomic E-state index is 11.8. The molecular formula is C13H21N3O2. The van der Waals surface area contributed by atoms with Gasteiger partial charge in [0.2, 0.25) is 5.88 Å². The zero-order valence-electron chi connectivity index (χ0n) is 11.4. The van der Waals surface area contributed by atoms with Gasteiger partial charge in [-0.25, -0.2) is 9.78 Å². The average molecular weight is 251 g/mol. The van der Waals surface area contributed by atoms with Crippen LogP contribution in [-0.4, -0.2) is 36.1 Å². The number of aromatic nitrogens is 1. The molecule has 100 valence electrons. The van der Waals surface area contributed by atoms with E-state index in [4.69, 9.17) is 4.74 Å². The van der Waals surface area contributed by atoms with Crippen molar-refractivity contribution in [2.24, 2.45) is 0 Å². The van der Waals surface area contributed by atoms with E-state index < -0.39 is 0 Å². The van der Waals surface area contributed by atoms with Crippen LogP contribution in [0.15, 0.2) is 18.2 Å². The van der Waals surface area contributed by atoms with E-state index in [9.17, 15) is 4.79 Å². The molecule has 0 bridgehead atoms. The first kappa shape index (κ1) is 14.3. The van der Waals surface area contributed by atoms with Gasteiger partial charge in [-0.15, -0.1) is 0 Å². The zero-order chi connectivity index (χ0) is 13.5. The molecule has 0 spiro atoms. The molecular weight excluding hydrogens is 230 g/mol. The van der Waals surface area contributed by atoms with Gasteiger partial charge in [0.25, 0.3) is 0 Å². The minimum atomic E-state index is -0.0889. The largest absolute Gasteiger partial charge is 0.481 e. The Morgan fingerprint density at radius 2 is 2.28 bits per heavy atom. The number of hydrogen-bond acceptors (Lipinski definition) is 3. The minimum Gasteiger partial charge on any atom is -0.481 e. The summed E-state index contributed by atoms with van der Waals surface area (Å²) in [4.78, 5) is 17.7. The summed E-state index contributed by atoms with van der Waals surface area (Å²) in [5, 5.41) is 2.91. The normalized spacial score (nSPS) is 11.8. The summed E-state index contributed by atoms with van der Waals surface area (Å²) in [6.07, 6.45) is 0.914. The Morgan fingerprint density at radius 3 is 2.89 bits per heavy atom. The van der Waals surface area contributed by atoms with Crippen LogP contribution in [0.4, 0.5) is 4.79 Å². The van der Waals surface area contributed by atoms with Gasteiger partial charge < -0.3 is 15.0 Å². The van der Waals surface area contributed by atoms with Crippen LogP contribution < -0.4 is 10.1 Å². The highest BCUT2D eigenvalue weighted by Gasteiger charge is 2.11. The third kappa shape index (κ3) is 4.24. The summed E-state index contributed by atoms with van der Waals surface area (Å²) < 4.78 is 5.05. The molecule has 0 saturated heterocycles. The van der Waals surface area contributed by atoms with Gasteiger partial charge in [-0.3, -0.25) is 0 Å². The summed E-state index contributed by atoms with van der Waals surface area (Å²) in [6.45, 7) is 4.48. The van der Waals surface area contributed by atoms with E-state index in [-0.39, 0.29) is 12.1 Å². The van der Waals surface area contributed by atoms with Crippen LogP contribution in [0.1, 0.15) is 26.0 Å². The summed E-state index contributed by atoms with van der Waals surface area (Å²) in [6, 6.07) is 5.60. The maximum Gasteiger partial charge on any atom is 0.317 e. The van der Waals surface area contributed by atoms with Crippen molar-refractivity contribution in [1.29, 1.82) is 0 Å². The molecule has 0 aromatic carbocycles. The molecule has 0 unspecified atom stereocenters. The van der Waals surface area contributed by atoms with Crippen molar-refractivity contribution in [2.45, 2.75) is 32.9 Å². The van der Waals surface area contributed by atoms with Crippen molar-refractivity contribution in [3.8, 4) is 5.88 Å². The van der Waals surface area contributed by atoms with E-state index in [1.54, 1.807) is 25.1 Å². The van der Waals surface area contributed by atoms with Gasteiger partial charge >= 0.3 is 6.03 Å². The van der Waals surface area contributed by atoms with Gasteiger partial charge in [0.05, 0.1) is 19.3 Å². The van der Waals surface area contributed by atoms with Crippen molar-refractivity contribution < 1.29 is 9.53 Å². The number of carbonyl (C=O) groups excluding carboxylic acids is 1. The lowest BCUT2D eigenvalue weighted by atomic mass is 10.3. The number of hydrogen-bond donors (Lipinski definition) is 1. The first-order valence-electron chi connectivity index (χ1n) is 6.08. The molecule has 0 aliphatic heterocycles. The topological polar surface area (TPSA) is 54.5 Å². The highest BCUT2D eigenvalue weighted by atomic mass is 16.5. The first-order chi connectivity index (χ1) is 8.56. The fraction of sp³-hybridized carbons (Fsp3) is 0.538. The highest BCUT2D eigenvalue weighted by Crippen LogP contribution is 2.08. The summed E-state index contributed by atoms with van der Waals surface area (Å²) >= 11 is 0. The third-order valence-corrected chi connectivity index (χ3v) is 2.72. The number of urea groups is 1. The molecule has 5 heteroatoms. The molecule has 0 aliphatic carbocycles. The van der Waals surface area contributed by atoms with Gasteiger partial charge in [0.1, 0.15) is 0 Å².